The number of fused-ring (bicyclic) bond motifs is 1. The van der Waals surface area contributed by atoms with Crippen molar-refractivity contribution in [1.29, 1.82) is 0 Å². The minimum atomic E-state index is 0.346. The molecule has 1 atom stereocenters. The summed E-state index contributed by atoms with van der Waals surface area (Å²) in [5, 5.41) is 11.9. The Labute approximate surface area is 123 Å². The number of hydrogen-bond donors (Lipinski definition) is 1. The largest absolute Gasteiger partial charge is 0.362 e. The molecule has 0 fully saturated rings. The van der Waals surface area contributed by atoms with Crippen LogP contribution in [0.15, 0.2) is 24.8 Å². The number of aromatic amines is 1. The van der Waals surface area contributed by atoms with Crippen molar-refractivity contribution in [3.05, 3.63) is 52.3 Å². The molecule has 0 radical (unpaired) electrons. The van der Waals surface area contributed by atoms with Gasteiger partial charge in [0.1, 0.15) is 5.69 Å². The van der Waals surface area contributed by atoms with Gasteiger partial charge in [0.15, 0.2) is 0 Å². The van der Waals surface area contributed by atoms with E-state index in [1.54, 1.807) is 0 Å². The molecule has 0 bridgehead atoms. The van der Waals surface area contributed by atoms with Gasteiger partial charge in [0.2, 0.25) is 0 Å². The summed E-state index contributed by atoms with van der Waals surface area (Å²) in [4.78, 5) is 2.27. The predicted molar refractivity (Wildman–Crippen MR) is 80.3 cm³/mol. The molecule has 2 heterocycles. The van der Waals surface area contributed by atoms with Crippen molar-refractivity contribution < 1.29 is 0 Å². The first-order valence-corrected chi connectivity index (χ1v) is 7.05. The molecule has 1 aromatic heterocycles. The Morgan fingerprint density at radius 1 is 1.40 bits per heavy atom. The third kappa shape index (κ3) is 2.10. The zero-order valence-electron chi connectivity index (χ0n) is 11.7. The van der Waals surface area contributed by atoms with Gasteiger partial charge < -0.3 is 4.90 Å². The van der Waals surface area contributed by atoms with E-state index < -0.39 is 0 Å². The maximum atomic E-state index is 6.21. The molecule has 2 aromatic rings. The highest BCUT2D eigenvalue weighted by Crippen LogP contribution is 2.31. The SMILES string of the molecule is C=C(c1cccc(Cl)c1C)N1Cc2n[nH]nc2CC1C. The molecule has 1 N–H and O–H groups in total. The van der Waals surface area contributed by atoms with Crippen LogP contribution in [0.3, 0.4) is 0 Å². The maximum absolute atomic E-state index is 6.21. The molecular weight excluding hydrogens is 272 g/mol. The van der Waals surface area contributed by atoms with Gasteiger partial charge in [0.05, 0.1) is 12.2 Å². The Balaban J connectivity index is 1.93. The molecule has 4 nitrogen and oxygen atoms in total. The molecule has 104 valence electrons. The zero-order chi connectivity index (χ0) is 14.3. The van der Waals surface area contributed by atoms with Crippen molar-refractivity contribution in [2.75, 3.05) is 0 Å². The summed E-state index contributed by atoms with van der Waals surface area (Å²) in [6.45, 7) is 9.21. The van der Waals surface area contributed by atoms with Crippen molar-refractivity contribution in [3.63, 3.8) is 0 Å². The summed E-state index contributed by atoms with van der Waals surface area (Å²) < 4.78 is 0. The second-order valence-corrected chi connectivity index (χ2v) is 5.66. The Morgan fingerprint density at radius 3 is 2.95 bits per heavy atom. The molecule has 1 aliphatic heterocycles. The summed E-state index contributed by atoms with van der Waals surface area (Å²) in [7, 11) is 0. The van der Waals surface area contributed by atoms with Crippen LogP contribution in [0.5, 0.6) is 0 Å². The molecule has 1 unspecified atom stereocenters. The lowest BCUT2D eigenvalue weighted by atomic mass is 9.99. The topological polar surface area (TPSA) is 44.8 Å². The van der Waals surface area contributed by atoms with Crippen molar-refractivity contribution in [2.24, 2.45) is 0 Å². The number of H-pyrrole nitrogens is 1. The van der Waals surface area contributed by atoms with Crippen LogP contribution in [0, 0.1) is 6.92 Å². The Bertz CT molecular complexity index is 662. The lowest BCUT2D eigenvalue weighted by Gasteiger charge is -2.36. The van der Waals surface area contributed by atoms with Crippen LogP contribution in [-0.2, 0) is 13.0 Å². The van der Waals surface area contributed by atoms with Crippen LogP contribution in [-0.4, -0.2) is 26.4 Å². The molecule has 0 saturated heterocycles. The maximum Gasteiger partial charge on any atom is 0.105 e. The fraction of sp³-hybridized carbons (Fsp3) is 0.333. The highest BCUT2D eigenvalue weighted by atomic mass is 35.5. The van der Waals surface area contributed by atoms with Crippen LogP contribution in [0.4, 0.5) is 0 Å². The third-order valence-corrected chi connectivity index (χ3v) is 4.38. The number of benzene rings is 1. The van der Waals surface area contributed by atoms with Crippen LogP contribution < -0.4 is 0 Å². The predicted octanol–water partition coefficient (Wildman–Crippen LogP) is 3.18. The molecule has 0 amide bonds. The van der Waals surface area contributed by atoms with Crippen molar-refractivity contribution in [1.82, 2.24) is 20.3 Å². The highest BCUT2D eigenvalue weighted by Gasteiger charge is 2.27. The van der Waals surface area contributed by atoms with Crippen molar-refractivity contribution in [3.8, 4) is 0 Å². The number of halogens is 1. The second-order valence-electron chi connectivity index (χ2n) is 5.26. The fourth-order valence-electron chi connectivity index (χ4n) is 2.71. The zero-order valence-corrected chi connectivity index (χ0v) is 12.4. The van der Waals surface area contributed by atoms with E-state index in [-0.39, 0.29) is 0 Å². The first-order valence-electron chi connectivity index (χ1n) is 6.67. The van der Waals surface area contributed by atoms with E-state index in [1.165, 1.54) is 0 Å². The fourth-order valence-corrected chi connectivity index (χ4v) is 2.88. The number of hydrogen-bond acceptors (Lipinski definition) is 3. The van der Waals surface area contributed by atoms with Gasteiger partial charge in [-0.1, -0.05) is 30.3 Å². The number of nitrogens with one attached hydrogen (secondary N) is 1. The summed E-state index contributed by atoms with van der Waals surface area (Å²) in [5.74, 6) is 0. The average molecular weight is 289 g/mol. The van der Waals surface area contributed by atoms with E-state index in [9.17, 15) is 0 Å². The summed E-state index contributed by atoms with van der Waals surface area (Å²) in [5.41, 5.74) is 5.22. The highest BCUT2D eigenvalue weighted by molar-refractivity contribution is 6.31. The van der Waals surface area contributed by atoms with Gasteiger partial charge in [-0.3, -0.25) is 0 Å². The van der Waals surface area contributed by atoms with E-state index in [0.29, 0.717) is 6.04 Å². The van der Waals surface area contributed by atoms with Crippen LogP contribution >= 0.6 is 11.6 Å². The molecule has 0 aliphatic carbocycles. The second kappa shape index (κ2) is 4.94. The summed E-state index contributed by atoms with van der Waals surface area (Å²) >= 11 is 6.21. The molecule has 3 rings (SSSR count). The van der Waals surface area contributed by atoms with Gasteiger partial charge in [-0.2, -0.15) is 15.4 Å². The number of rotatable bonds is 2. The minimum absolute atomic E-state index is 0.346. The first-order chi connectivity index (χ1) is 9.58. The molecule has 0 saturated carbocycles. The summed E-state index contributed by atoms with van der Waals surface area (Å²) in [6, 6.07) is 6.28. The monoisotopic (exact) mass is 288 g/mol. The molecule has 5 heteroatoms. The van der Waals surface area contributed by atoms with Gasteiger partial charge in [0, 0.05) is 28.7 Å². The number of nitrogens with zero attached hydrogens (tertiary/aromatic N) is 3. The van der Waals surface area contributed by atoms with E-state index >= 15 is 0 Å². The van der Waals surface area contributed by atoms with Crippen LogP contribution in [0.2, 0.25) is 5.02 Å². The molecule has 0 spiro atoms. The lowest BCUT2D eigenvalue weighted by Crippen LogP contribution is -2.37. The lowest BCUT2D eigenvalue weighted by molar-refractivity contribution is 0.278. The van der Waals surface area contributed by atoms with Crippen LogP contribution in [0.25, 0.3) is 5.70 Å². The van der Waals surface area contributed by atoms with Gasteiger partial charge in [-0.15, -0.1) is 0 Å². The minimum Gasteiger partial charge on any atom is -0.362 e. The summed E-state index contributed by atoms with van der Waals surface area (Å²) in [6.07, 6.45) is 0.879. The van der Waals surface area contributed by atoms with E-state index in [4.69, 9.17) is 11.6 Å². The van der Waals surface area contributed by atoms with Gasteiger partial charge in [-0.05, 0) is 25.5 Å². The molecule has 1 aromatic carbocycles. The van der Waals surface area contributed by atoms with Gasteiger partial charge in [0.25, 0.3) is 0 Å². The average Bonchev–Trinajstić information content (AvgIpc) is 2.87. The first kappa shape index (κ1) is 13.2. The number of aromatic nitrogens is 3. The van der Waals surface area contributed by atoms with Crippen molar-refractivity contribution in [2.45, 2.75) is 32.9 Å². The Hall–Kier alpha value is -1.81. The van der Waals surface area contributed by atoms with E-state index in [1.807, 2.05) is 19.1 Å². The molecule has 20 heavy (non-hydrogen) atoms. The van der Waals surface area contributed by atoms with E-state index in [2.05, 4.69) is 39.9 Å². The third-order valence-electron chi connectivity index (χ3n) is 3.97. The van der Waals surface area contributed by atoms with Crippen LogP contribution in [0.1, 0.15) is 29.4 Å². The Kier molecular flexibility index (Phi) is 3.26. The van der Waals surface area contributed by atoms with Gasteiger partial charge in [-0.25, -0.2) is 0 Å². The molecular formula is C15H17ClN4. The van der Waals surface area contributed by atoms with Crippen molar-refractivity contribution >= 4 is 17.3 Å². The normalized spacial score (nSPS) is 17.9. The molecule has 1 aliphatic rings. The Morgan fingerprint density at radius 2 is 2.15 bits per heavy atom. The van der Waals surface area contributed by atoms with Gasteiger partial charge >= 0.3 is 0 Å². The quantitative estimate of drug-likeness (QED) is 0.923. The standard InChI is InChI=1S/C15H17ClN4/c1-9-7-14-15(18-19-17-14)8-20(9)11(3)12-5-4-6-13(16)10(12)2/h4-6,9H,3,7-8H2,1-2H3,(H,17,18,19). The smallest absolute Gasteiger partial charge is 0.105 e. The van der Waals surface area contributed by atoms with E-state index in [0.717, 1.165) is 46.2 Å².